The summed E-state index contributed by atoms with van der Waals surface area (Å²) in [5, 5.41) is 2.91. The van der Waals surface area contributed by atoms with Crippen LogP contribution in [0.4, 0.5) is 5.82 Å². The highest BCUT2D eigenvalue weighted by Gasteiger charge is 2.56. The molecule has 2 saturated heterocycles. The summed E-state index contributed by atoms with van der Waals surface area (Å²) in [5.74, 6) is 1.40. The van der Waals surface area contributed by atoms with Crippen LogP contribution < -0.4 is 14.8 Å². The van der Waals surface area contributed by atoms with E-state index in [0.29, 0.717) is 16.7 Å². The first-order valence-corrected chi connectivity index (χ1v) is 22.0. The normalized spacial score (nSPS) is 25.1. The van der Waals surface area contributed by atoms with Crippen LogP contribution in [0.3, 0.4) is 0 Å². The summed E-state index contributed by atoms with van der Waals surface area (Å²) < 4.78 is 50.1. The number of fused-ring (bicyclic) bond motifs is 2. The van der Waals surface area contributed by atoms with Crippen LogP contribution in [0.25, 0.3) is 11.2 Å². The molecule has 1 aliphatic carbocycles. The van der Waals surface area contributed by atoms with Crippen LogP contribution in [0.5, 0.6) is 11.5 Å². The number of nitrogens with one attached hydrogen (secondary N) is 1. The monoisotopic (exact) mass is 858 g/mol. The van der Waals surface area contributed by atoms with Crippen LogP contribution >= 0.6 is 8.53 Å². The molecule has 9 rings (SSSR count). The van der Waals surface area contributed by atoms with Crippen molar-refractivity contribution in [3.8, 4) is 11.5 Å². The first-order chi connectivity index (χ1) is 30.3. The number of hydrogen-bond donors (Lipinski definition) is 1. The van der Waals surface area contributed by atoms with Crippen LogP contribution in [0, 0.1) is 0 Å². The van der Waals surface area contributed by atoms with Crippen LogP contribution in [0.1, 0.15) is 65.9 Å². The first-order valence-electron chi connectivity index (χ1n) is 20.9. The third kappa shape index (κ3) is 7.74. The average molecular weight is 859 g/mol. The SMILES string of the molecule is COc1ccc(C(OC[C@H]2O[C@@H](n3cnc4c(NC(=O)c5ccccc5)ncnc43)[C@H](OC)[C@@H]2O[P@]2O[C@@]3(C)CCCC[C@@H]3N2C)(c2ccccc2)c2ccc(OC)cc2)cc1. The maximum atomic E-state index is 13.2. The van der Waals surface area contributed by atoms with E-state index >= 15 is 0 Å². The number of benzene rings is 4. The Morgan fingerprint density at radius 3 is 2.11 bits per heavy atom. The molecule has 14 nitrogen and oxygen atoms in total. The van der Waals surface area contributed by atoms with Gasteiger partial charge in [-0.3, -0.25) is 9.36 Å². The lowest BCUT2D eigenvalue weighted by Crippen LogP contribution is -2.44. The molecule has 2 aliphatic heterocycles. The maximum Gasteiger partial charge on any atom is 0.259 e. The third-order valence-electron chi connectivity index (χ3n) is 12.4. The summed E-state index contributed by atoms with van der Waals surface area (Å²) in [5.41, 5.74) is 2.57. The summed E-state index contributed by atoms with van der Waals surface area (Å²) in [7, 11) is 5.53. The number of amides is 1. The van der Waals surface area contributed by atoms with E-state index in [1.165, 1.54) is 6.33 Å². The molecule has 0 spiro atoms. The van der Waals surface area contributed by atoms with Gasteiger partial charge in [0.25, 0.3) is 14.4 Å². The number of anilines is 1. The topological polar surface area (TPSA) is 141 Å². The molecule has 3 aliphatic rings. The van der Waals surface area contributed by atoms with E-state index in [4.69, 9.17) is 37.7 Å². The molecule has 0 unspecified atom stereocenters. The minimum atomic E-state index is -1.51. The number of rotatable bonds is 14. The lowest BCUT2D eigenvalue weighted by atomic mass is 9.80. The van der Waals surface area contributed by atoms with Gasteiger partial charge in [-0.2, -0.15) is 0 Å². The van der Waals surface area contributed by atoms with Gasteiger partial charge in [0, 0.05) is 18.7 Å². The second-order valence-corrected chi connectivity index (χ2v) is 17.5. The van der Waals surface area contributed by atoms with E-state index in [1.54, 1.807) is 39.8 Å². The Morgan fingerprint density at radius 1 is 0.839 bits per heavy atom. The van der Waals surface area contributed by atoms with Gasteiger partial charge in [-0.1, -0.05) is 85.6 Å². The fourth-order valence-corrected chi connectivity index (χ4v) is 11.1. The third-order valence-corrected chi connectivity index (χ3v) is 14.2. The van der Waals surface area contributed by atoms with Crippen molar-refractivity contribution in [3.05, 3.63) is 144 Å². The second-order valence-electron chi connectivity index (χ2n) is 16.0. The number of imidazole rings is 1. The van der Waals surface area contributed by atoms with E-state index in [0.717, 1.165) is 53.9 Å². The van der Waals surface area contributed by atoms with Crippen LogP contribution in [-0.4, -0.2) is 95.0 Å². The molecule has 0 radical (unpaired) electrons. The fourth-order valence-electron chi connectivity index (χ4n) is 9.16. The van der Waals surface area contributed by atoms with Crippen LogP contribution in [0.2, 0.25) is 0 Å². The van der Waals surface area contributed by atoms with E-state index in [-0.39, 0.29) is 30.0 Å². The van der Waals surface area contributed by atoms with Crippen molar-refractivity contribution in [1.29, 1.82) is 0 Å². The number of hydrogen-bond acceptors (Lipinski definition) is 12. The number of carbonyl (C=O) groups excluding carboxylic acids is 1. The van der Waals surface area contributed by atoms with Gasteiger partial charge in [0.1, 0.15) is 41.7 Å². The molecular formula is C47H51N6O8P. The van der Waals surface area contributed by atoms with Gasteiger partial charge >= 0.3 is 0 Å². The molecule has 3 fully saturated rings. The van der Waals surface area contributed by atoms with Crippen molar-refractivity contribution in [3.63, 3.8) is 0 Å². The predicted molar refractivity (Wildman–Crippen MR) is 234 cm³/mol. The molecule has 0 bridgehead atoms. The number of methoxy groups -OCH3 is 3. The lowest BCUT2D eigenvalue weighted by Gasteiger charge is -2.37. The quantitative estimate of drug-likeness (QED) is 0.0833. The van der Waals surface area contributed by atoms with Crippen molar-refractivity contribution in [1.82, 2.24) is 24.2 Å². The molecule has 6 aromatic rings. The van der Waals surface area contributed by atoms with Gasteiger partial charge in [0.05, 0.1) is 32.8 Å². The minimum absolute atomic E-state index is 0.0710. The lowest BCUT2D eigenvalue weighted by molar-refractivity contribution is -0.0936. The highest BCUT2D eigenvalue weighted by Crippen LogP contribution is 2.61. The van der Waals surface area contributed by atoms with Crippen molar-refractivity contribution in [2.75, 3.05) is 40.3 Å². The van der Waals surface area contributed by atoms with E-state index in [9.17, 15) is 4.79 Å². The predicted octanol–water partition coefficient (Wildman–Crippen LogP) is 8.29. The van der Waals surface area contributed by atoms with Gasteiger partial charge in [-0.15, -0.1) is 0 Å². The molecule has 322 valence electrons. The largest absolute Gasteiger partial charge is 0.497 e. The zero-order valence-electron chi connectivity index (χ0n) is 35.4. The van der Waals surface area contributed by atoms with Gasteiger partial charge in [0.2, 0.25) is 0 Å². The Hall–Kier alpha value is -5.31. The minimum Gasteiger partial charge on any atom is -0.497 e. The van der Waals surface area contributed by atoms with Gasteiger partial charge in [0.15, 0.2) is 23.2 Å². The Kier molecular flexibility index (Phi) is 12.1. The van der Waals surface area contributed by atoms with Crippen molar-refractivity contribution in [2.45, 2.75) is 74.4 Å². The van der Waals surface area contributed by atoms with Gasteiger partial charge < -0.3 is 38.0 Å². The highest BCUT2D eigenvalue weighted by molar-refractivity contribution is 7.45. The summed E-state index contributed by atoms with van der Waals surface area (Å²) in [6, 6.07) is 35.2. The Bertz CT molecular complexity index is 2410. The summed E-state index contributed by atoms with van der Waals surface area (Å²) in [4.78, 5) is 27.0. The molecular weight excluding hydrogens is 808 g/mol. The van der Waals surface area contributed by atoms with Gasteiger partial charge in [-0.25, -0.2) is 19.6 Å². The standard InChI is InChI=1S/C47H51N6O8P/c1-46-27-13-12-18-38(46)52(2)62(61-46)60-40-37(59-45(41(40)57-5)53-30-50-39-42(48-29-49-43(39)53)51-44(54)31-14-8-6-9-15-31)28-58-47(32-16-10-7-11-17-32,33-19-23-35(55-3)24-20-33)34-21-25-36(56-4)26-22-34/h6-11,14-17,19-26,29-30,37-38,40-41,45H,12-13,18,27-28H2,1-5H3,(H,48,49,51,54)/t37-,38+,40-,41-,45-,46+,62-/m1/s1. The van der Waals surface area contributed by atoms with E-state index in [1.807, 2.05) is 89.5 Å². The van der Waals surface area contributed by atoms with E-state index in [2.05, 4.69) is 46.1 Å². The molecule has 1 saturated carbocycles. The zero-order valence-corrected chi connectivity index (χ0v) is 36.3. The molecule has 4 aromatic carbocycles. The summed E-state index contributed by atoms with van der Waals surface area (Å²) in [6.45, 7) is 2.27. The Morgan fingerprint density at radius 2 is 1.48 bits per heavy atom. The second kappa shape index (κ2) is 17.8. The number of nitrogens with zero attached hydrogens (tertiary/aromatic N) is 5. The zero-order chi connectivity index (χ0) is 42.8. The molecule has 2 aromatic heterocycles. The smallest absolute Gasteiger partial charge is 0.259 e. The van der Waals surface area contributed by atoms with Gasteiger partial charge in [-0.05, 0) is 79.9 Å². The summed E-state index contributed by atoms with van der Waals surface area (Å²) >= 11 is 0. The number of aromatic nitrogens is 4. The highest BCUT2D eigenvalue weighted by atomic mass is 31.2. The van der Waals surface area contributed by atoms with E-state index < -0.39 is 38.7 Å². The van der Waals surface area contributed by atoms with Crippen molar-refractivity contribution < 1.29 is 37.5 Å². The molecule has 7 atom stereocenters. The number of carbonyl (C=O) groups is 1. The van der Waals surface area contributed by atoms with Crippen molar-refractivity contribution >= 4 is 31.4 Å². The maximum absolute atomic E-state index is 13.2. The molecule has 62 heavy (non-hydrogen) atoms. The van der Waals surface area contributed by atoms with Crippen LogP contribution in [-0.2, 0) is 28.9 Å². The van der Waals surface area contributed by atoms with Crippen molar-refractivity contribution in [2.24, 2.45) is 0 Å². The molecule has 1 amide bonds. The molecule has 4 heterocycles. The van der Waals surface area contributed by atoms with Crippen LogP contribution in [0.15, 0.2) is 122 Å². The molecule has 15 heteroatoms. The summed E-state index contributed by atoms with van der Waals surface area (Å²) in [6.07, 6.45) is 4.49. The average Bonchev–Trinajstić information content (AvgIpc) is 3.98. The Labute approximate surface area is 362 Å². The number of likely N-dealkylation sites (N-methyl/N-ethyl adjacent to an activating group) is 1. The number of ether oxygens (including phenoxy) is 5. The Balaban J connectivity index is 1.11. The first kappa shape index (κ1) is 42.0. The fraction of sp³-hybridized carbons (Fsp3) is 0.362. The molecule has 1 N–H and O–H groups in total.